The van der Waals surface area contributed by atoms with Gasteiger partial charge in [-0.15, -0.1) is 0 Å². The second kappa shape index (κ2) is 5.96. The van der Waals surface area contributed by atoms with E-state index in [0.29, 0.717) is 0 Å². The fraction of sp³-hybridized carbons (Fsp3) is 0.579. The van der Waals surface area contributed by atoms with Gasteiger partial charge in [0.15, 0.2) is 0 Å². The molecule has 22 heavy (non-hydrogen) atoms. The normalized spacial score (nSPS) is 31.0. The van der Waals surface area contributed by atoms with Crippen molar-refractivity contribution in [3.63, 3.8) is 0 Å². The van der Waals surface area contributed by atoms with Crippen LogP contribution in [0.1, 0.15) is 12.8 Å². The fourth-order valence-electron chi connectivity index (χ4n) is 4.59. The van der Waals surface area contributed by atoms with Crippen molar-refractivity contribution in [1.29, 1.82) is 0 Å². The first-order valence-corrected chi connectivity index (χ1v) is 8.73. The highest BCUT2D eigenvalue weighted by Gasteiger charge is 2.38. The largest absolute Gasteiger partial charge is 0.497 e. The van der Waals surface area contributed by atoms with Crippen LogP contribution in [0.15, 0.2) is 36.4 Å². The number of nitrogens with one attached hydrogen (secondary N) is 1. The lowest BCUT2D eigenvalue weighted by Gasteiger charge is -2.35. The molecule has 0 spiro atoms. The molecule has 3 atom stereocenters. The molecule has 0 unspecified atom stereocenters. The Morgan fingerprint density at radius 2 is 2.05 bits per heavy atom. The Morgan fingerprint density at radius 1 is 1.18 bits per heavy atom. The molecular formula is C19H27N2O+. The van der Waals surface area contributed by atoms with Crippen LogP contribution in [0.3, 0.4) is 0 Å². The van der Waals surface area contributed by atoms with Crippen LogP contribution in [0, 0.1) is 17.8 Å². The number of fused-ring (bicyclic) bond motifs is 2. The molecule has 4 rings (SSSR count). The van der Waals surface area contributed by atoms with Crippen LogP contribution in [0.2, 0.25) is 0 Å². The number of nitrogens with zero attached hydrogens (tertiary/aromatic N) is 1. The highest BCUT2D eigenvalue weighted by molar-refractivity contribution is 5.50. The first kappa shape index (κ1) is 14.1. The first-order valence-electron chi connectivity index (χ1n) is 8.73. The van der Waals surface area contributed by atoms with E-state index in [9.17, 15) is 0 Å². The number of rotatable bonds is 4. The van der Waals surface area contributed by atoms with Gasteiger partial charge >= 0.3 is 0 Å². The van der Waals surface area contributed by atoms with Gasteiger partial charge in [-0.1, -0.05) is 18.2 Å². The number of hydrogen-bond donors (Lipinski definition) is 1. The Labute approximate surface area is 133 Å². The van der Waals surface area contributed by atoms with E-state index in [1.54, 1.807) is 7.11 Å². The molecule has 1 heterocycles. The molecule has 1 aromatic rings. The van der Waals surface area contributed by atoms with E-state index in [-0.39, 0.29) is 0 Å². The third-order valence-electron chi connectivity index (χ3n) is 5.86. The lowest BCUT2D eigenvalue weighted by atomic mass is 9.93. The van der Waals surface area contributed by atoms with Gasteiger partial charge in [-0.05, 0) is 36.8 Å². The zero-order valence-corrected chi connectivity index (χ0v) is 13.5. The summed E-state index contributed by atoms with van der Waals surface area (Å²) in [6.07, 6.45) is 7.83. The monoisotopic (exact) mass is 299 g/mol. The van der Waals surface area contributed by atoms with Crippen molar-refractivity contribution < 1.29 is 9.64 Å². The molecule has 2 fully saturated rings. The quantitative estimate of drug-likeness (QED) is 0.851. The maximum absolute atomic E-state index is 5.35. The van der Waals surface area contributed by atoms with E-state index in [1.807, 2.05) is 11.0 Å². The molecule has 2 bridgehead atoms. The van der Waals surface area contributed by atoms with E-state index in [2.05, 4.69) is 35.3 Å². The van der Waals surface area contributed by atoms with E-state index >= 15 is 0 Å². The van der Waals surface area contributed by atoms with Crippen LogP contribution >= 0.6 is 0 Å². The van der Waals surface area contributed by atoms with Crippen LogP contribution in [0.25, 0.3) is 0 Å². The summed E-state index contributed by atoms with van der Waals surface area (Å²) >= 11 is 0. The van der Waals surface area contributed by atoms with E-state index < -0.39 is 0 Å². The van der Waals surface area contributed by atoms with Crippen molar-refractivity contribution in [1.82, 2.24) is 0 Å². The Kier molecular flexibility index (Phi) is 3.83. The van der Waals surface area contributed by atoms with Gasteiger partial charge in [0.25, 0.3) is 0 Å². The molecule has 1 saturated heterocycles. The minimum atomic E-state index is 0.897. The molecule has 118 valence electrons. The van der Waals surface area contributed by atoms with Crippen molar-refractivity contribution >= 4 is 5.69 Å². The van der Waals surface area contributed by atoms with Crippen LogP contribution in [-0.4, -0.2) is 39.8 Å². The summed E-state index contributed by atoms with van der Waals surface area (Å²) in [4.78, 5) is 4.32. The molecule has 1 aliphatic heterocycles. The van der Waals surface area contributed by atoms with Gasteiger partial charge in [0.2, 0.25) is 0 Å². The number of ether oxygens (including phenoxy) is 1. The first-order chi connectivity index (χ1) is 10.8. The lowest BCUT2D eigenvalue weighted by Crippen LogP contribution is -3.15. The van der Waals surface area contributed by atoms with E-state index in [0.717, 1.165) is 23.5 Å². The Bertz CT molecular complexity index is 548. The Balaban J connectivity index is 1.31. The van der Waals surface area contributed by atoms with Crippen LogP contribution in [0.5, 0.6) is 5.75 Å². The number of methoxy groups -OCH3 is 1. The third-order valence-corrected chi connectivity index (χ3v) is 5.86. The van der Waals surface area contributed by atoms with Gasteiger partial charge in [-0.2, -0.15) is 0 Å². The second-order valence-corrected chi connectivity index (χ2v) is 7.18. The van der Waals surface area contributed by atoms with Crippen LogP contribution in [-0.2, 0) is 0 Å². The Hall–Kier alpha value is -1.48. The topological polar surface area (TPSA) is 16.9 Å². The maximum Gasteiger partial charge on any atom is 0.120 e. The van der Waals surface area contributed by atoms with E-state index in [1.165, 1.54) is 51.3 Å². The minimum Gasteiger partial charge on any atom is -0.497 e. The van der Waals surface area contributed by atoms with Gasteiger partial charge in [0.05, 0.1) is 39.8 Å². The summed E-state index contributed by atoms with van der Waals surface area (Å²) < 4.78 is 5.35. The Morgan fingerprint density at radius 3 is 2.73 bits per heavy atom. The molecule has 0 amide bonds. The number of piperazine rings is 1. The third kappa shape index (κ3) is 2.74. The number of benzene rings is 1. The average Bonchev–Trinajstić information content (AvgIpc) is 3.18. The summed E-state index contributed by atoms with van der Waals surface area (Å²) in [5, 5.41) is 0. The average molecular weight is 299 g/mol. The highest BCUT2D eigenvalue weighted by Crippen LogP contribution is 2.42. The summed E-state index contributed by atoms with van der Waals surface area (Å²) in [7, 11) is 1.74. The molecule has 1 saturated carbocycles. The number of allylic oxidation sites excluding steroid dienone is 2. The smallest absolute Gasteiger partial charge is 0.120 e. The zero-order valence-electron chi connectivity index (χ0n) is 13.5. The zero-order chi connectivity index (χ0) is 14.9. The second-order valence-electron chi connectivity index (χ2n) is 7.18. The lowest BCUT2D eigenvalue weighted by molar-refractivity contribution is -0.904. The molecule has 1 N–H and O–H groups in total. The SMILES string of the molecule is COc1cccc(N2CC[NH+](C[C@H]3C[C@H]4C=C[C@H]3C4)CC2)c1. The van der Waals surface area contributed by atoms with Gasteiger partial charge < -0.3 is 14.5 Å². The maximum atomic E-state index is 5.35. The highest BCUT2D eigenvalue weighted by atomic mass is 16.5. The standard InChI is InChI=1S/C19H26N2O/c1-22-19-4-2-3-18(13-19)21-9-7-20(8-10-21)14-17-12-15-5-6-16(17)11-15/h2-6,13,15-17H,7-12,14H2,1H3/p+1/t15-,16-,17+/m0/s1. The molecule has 1 aromatic carbocycles. The number of quaternary nitrogens is 1. The van der Waals surface area contributed by atoms with Crippen LogP contribution < -0.4 is 14.5 Å². The molecule has 3 heteroatoms. The van der Waals surface area contributed by atoms with Crippen molar-refractivity contribution in [2.75, 3.05) is 44.7 Å². The summed E-state index contributed by atoms with van der Waals surface area (Å²) in [5.74, 6) is 3.72. The summed E-state index contributed by atoms with van der Waals surface area (Å²) in [6, 6.07) is 8.47. The van der Waals surface area contributed by atoms with E-state index in [4.69, 9.17) is 4.74 Å². The predicted octanol–water partition coefficient (Wildman–Crippen LogP) is 1.61. The van der Waals surface area contributed by atoms with Gasteiger partial charge in [-0.25, -0.2) is 0 Å². The molecular weight excluding hydrogens is 272 g/mol. The van der Waals surface area contributed by atoms with Crippen molar-refractivity contribution in [3.05, 3.63) is 36.4 Å². The van der Waals surface area contributed by atoms with Gasteiger partial charge in [0.1, 0.15) is 5.75 Å². The van der Waals surface area contributed by atoms with Crippen molar-refractivity contribution in [3.8, 4) is 5.75 Å². The number of hydrogen-bond acceptors (Lipinski definition) is 2. The van der Waals surface area contributed by atoms with Crippen molar-refractivity contribution in [2.45, 2.75) is 12.8 Å². The molecule has 2 aliphatic carbocycles. The summed E-state index contributed by atoms with van der Waals surface area (Å²) in [5.41, 5.74) is 1.31. The van der Waals surface area contributed by atoms with Gasteiger partial charge in [0, 0.05) is 17.7 Å². The summed E-state index contributed by atoms with van der Waals surface area (Å²) in [6.45, 7) is 6.26. The predicted molar refractivity (Wildman–Crippen MR) is 89.6 cm³/mol. The minimum absolute atomic E-state index is 0.897. The van der Waals surface area contributed by atoms with Crippen LogP contribution in [0.4, 0.5) is 5.69 Å². The molecule has 3 aliphatic rings. The van der Waals surface area contributed by atoms with Crippen molar-refractivity contribution in [2.24, 2.45) is 17.8 Å². The van der Waals surface area contributed by atoms with Gasteiger partial charge in [-0.3, -0.25) is 0 Å². The molecule has 0 radical (unpaired) electrons. The molecule has 3 nitrogen and oxygen atoms in total. The fourth-order valence-corrected chi connectivity index (χ4v) is 4.59. The number of anilines is 1. The molecule has 0 aromatic heterocycles.